The maximum atomic E-state index is 11.9. The lowest BCUT2D eigenvalue weighted by Gasteiger charge is -2.27. The van der Waals surface area contributed by atoms with Gasteiger partial charge < -0.3 is 0 Å². The molecule has 1 saturated carbocycles. The minimum Gasteiger partial charge on any atom is -0.271 e. The highest BCUT2D eigenvalue weighted by Crippen LogP contribution is 2.32. The van der Waals surface area contributed by atoms with Crippen LogP contribution in [0.25, 0.3) is 0 Å². The van der Waals surface area contributed by atoms with Crippen LogP contribution in [0, 0.1) is 0 Å². The zero-order valence-electron chi connectivity index (χ0n) is 8.47. The average Bonchev–Trinajstić information content (AvgIpc) is 2.19. The number of nitrogens with one attached hydrogen (secondary N) is 3. The predicted molar refractivity (Wildman–Crippen MR) is 55.7 cm³/mol. The van der Waals surface area contributed by atoms with Crippen LogP contribution in [-0.2, 0) is 4.57 Å². The average molecular weight is 205 g/mol. The predicted octanol–water partition coefficient (Wildman–Crippen LogP) is 1.46. The topological polar surface area (TPSA) is 53.2 Å². The first kappa shape index (κ1) is 11.2. The summed E-state index contributed by atoms with van der Waals surface area (Å²) in [5, 5.41) is 8.78. The molecule has 1 aliphatic rings. The Kier molecular flexibility index (Phi) is 4.39. The standard InChI is InChI=1S/C8H20N3OP/c1-9-13(12,10-2)11-8-6-4-3-5-7-8/h8H,3-7H2,1-2H3,(H3,9,10,11,12). The molecule has 0 unspecified atom stereocenters. The fourth-order valence-corrected chi connectivity index (χ4v) is 2.98. The van der Waals surface area contributed by atoms with Crippen LogP contribution in [-0.4, -0.2) is 20.1 Å². The van der Waals surface area contributed by atoms with Crippen LogP contribution in [0.2, 0.25) is 0 Å². The third-order valence-corrected chi connectivity index (χ3v) is 4.59. The maximum absolute atomic E-state index is 11.9. The zero-order valence-corrected chi connectivity index (χ0v) is 9.36. The van der Waals surface area contributed by atoms with E-state index in [2.05, 4.69) is 15.3 Å². The van der Waals surface area contributed by atoms with Crippen molar-refractivity contribution < 1.29 is 4.57 Å². The van der Waals surface area contributed by atoms with E-state index in [-0.39, 0.29) is 0 Å². The number of hydrogen-bond donors (Lipinski definition) is 3. The lowest BCUT2D eigenvalue weighted by atomic mass is 9.96. The molecule has 0 aromatic carbocycles. The lowest BCUT2D eigenvalue weighted by Crippen LogP contribution is -2.36. The summed E-state index contributed by atoms with van der Waals surface area (Å²) < 4.78 is 11.9. The molecule has 0 aromatic rings. The first-order valence-electron chi connectivity index (χ1n) is 4.96. The van der Waals surface area contributed by atoms with Crippen molar-refractivity contribution in [1.29, 1.82) is 0 Å². The maximum Gasteiger partial charge on any atom is 0.278 e. The first-order chi connectivity index (χ1) is 6.20. The van der Waals surface area contributed by atoms with Gasteiger partial charge in [0.25, 0.3) is 7.59 Å². The second kappa shape index (κ2) is 5.11. The van der Waals surface area contributed by atoms with Crippen LogP contribution in [0.1, 0.15) is 32.1 Å². The summed E-state index contributed by atoms with van der Waals surface area (Å²) in [5.41, 5.74) is 0. The minimum absolute atomic E-state index is 0.416. The number of hydrogen-bond acceptors (Lipinski definition) is 1. The van der Waals surface area contributed by atoms with E-state index in [1.165, 1.54) is 19.3 Å². The van der Waals surface area contributed by atoms with E-state index in [0.29, 0.717) is 6.04 Å². The minimum atomic E-state index is -2.50. The Morgan fingerprint density at radius 2 is 1.62 bits per heavy atom. The molecule has 3 N–H and O–H groups in total. The summed E-state index contributed by atoms with van der Waals surface area (Å²) in [7, 11) is 0.931. The van der Waals surface area contributed by atoms with Gasteiger partial charge in [0.2, 0.25) is 0 Å². The zero-order chi connectivity index (χ0) is 9.73. The molecule has 0 aromatic heterocycles. The smallest absolute Gasteiger partial charge is 0.271 e. The molecule has 13 heavy (non-hydrogen) atoms. The van der Waals surface area contributed by atoms with Crippen LogP contribution in [0.4, 0.5) is 0 Å². The van der Waals surface area contributed by atoms with Gasteiger partial charge in [-0.25, -0.2) is 15.3 Å². The fraction of sp³-hybridized carbons (Fsp3) is 1.00. The van der Waals surface area contributed by atoms with E-state index >= 15 is 0 Å². The summed E-state index contributed by atoms with van der Waals surface area (Å²) in [6, 6.07) is 0.416. The van der Waals surface area contributed by atoms with Gasteiger partial charge in [0.1, 0.15) is 0 Å². The molecule has 0 bridgehead atoms. The number of rotatable bonds is 4. The molecule has 1 fully saturated rings. The summed E-state index contributed by atoms with van der Waals surface area (Å²) in [4.78, 5) is 0. The Labute approximate surface area is 80.4 Å². The van der Waals surface area contributed by atoms with Gasteiger partial charge >= 0.3 is 0 Å². The Bertz CT molecular complexity index is 184. The molecule has 0 radical (unpaired) electrons. The molecule has 0 saturated heterocycles. The van der Waals surface area contributed by atoms with Gasteiger partial charge in [0, 0.05) is 6.04 Å². The van der Waals surface area contributed by atoms with E-state index in [1.54, 1.807) is 14.1 Å². The molecule has 78 valence electrons. The third-order valence-electron chi connectivity index (χ3n) is 2.60. The second-order valence-electron chi connectivity index (χ2n) is 3.52. The van der Waals surface area contributed by atoms with Crippen LogP contribution < -0.4 is 15.3 Å². The normalized spacial score (nSPS) is 20.5. The van der Waals surface area contributed by atoms with Gasteiger partial charge in [-0.3, -0.25) is 4.57 Å². The van der Waals surface area contributed by atoms with Crippen LogP contribution in [0.5, 0.6) is 0 Å². The molecule has 5 heteroatoms. The van der Waals surface area contributed by atoms with Gasteiger partial charge in [-0.05, 0) is 26.9 Å². The molecule has 1 rings (SSSR count). The van der Waals surface area contributed by atoms with Gasteiger partial charge in [0.05, 0.1) is 0 Å². The van der Waals surface area contributed by atoms with E-state index in [0.717, 1.165) is 12.8 Å². The van der Waals surface area contributed by atoms with Crippen molar-refractivity contribution in [2.75, 3.05) is 14.1 Å². The second-order valence-corrected chi connectivity index (χ2v) is 5.89. The Hall–Kier alpha value is 0.110. The largest absolute Gasteiger partial charge is 0.278 e. The lowest BCUT2D eigenvalue weighted by molar-refractivity contribution is 0.408. The van der Waals surface area contributed by atoms with Crippen molar-refractivity contribution in [2.45, 2.75) is 38.1 Å². The monoisotopic (exact) mass is 205 g/mol. The Morgan fingerprint density at radius 3 is 2.08 bits per heavy atom. The highest BCUT2D eigenvalue weighted by Gasteiger charge is 2.22. The molecule has 0 amide bonds. The molecule has 0 heterocycles. The van der Waals surface area contributed by atoms with Crippen LogP contribution in [0.15, 0.2) is 0 Å². The molecule has 0 atom stereocenters. The summed E-state index contributed by atoms with van der Waals surface area (Å²) >= 11 is 0. The SMILES string of the molecule is CNP(=O)(NC)NC1CCCCC1. The first-order valence-corrected chi connectivity index (χ1v) is 6.67. The molecular weight excluding hydrogens is 185 g/mol. The molecule has 0 spiro atoms. The highest BCUT2D eigenvalue weighted by molar-refractivity contribution is 7.57. The van der Waals surface area contributed by atoms with Crippen LogP contribution >= 0.6 is 7.59 Å². The van der Waals surface area contributed by atoms with Crippen LogP contribution in [0.3, 0.4) is 0 Å². The summed E-state index contributed by atoms with van der Waals surface area (Å²) in [6.07, 6.45) is 6.12. The van der Waals surface area contributed by atoms with Crippen molar-refractivity contribution in [3.63, 3.8) is 0 Å². The molecule has 0 aliphatic heterocycles. The molecular formula is C8H20N3OP. The van der Waals surface area contributed by atoms with Crippen molar-refractivity contribution in [3.8, 4) is 0 Å². The van der Waals surface area contributed by atoms with Gasteiger partial charge in [-0.1, -0.05) is 19.3 Å². The van der Waals surface area contributed by atoms with E-state index < -0.39 is 7.59 Å². The van der Waals surface area contributed by atoms with Gasteiger partial charge in [-0.2, -0.15) is 0 Å². The molecule has 4 nitrogen and oxygen atoms in total. The fourth-order valence-electron chi connectivity index (χ4n) is 1.73. The van der Waals surface area contributed by atoms with E-state index in [1.807, 2.05) is 0 Å². The van der Waals surface area contributed by atoms with E-state index in [4.69, 9.17) is 0 Å². The van der Waals surface area contributed by atoms with Crippen molar-refractivity contribution in [1.82, 2.24) is 15.3 Å². The quantitative estimate of drug-likeness (QED) is 0.608. The highest BCUT2D eigenvalue weighted by atomic mass is 31.2. The molecule has 1 aliphatic carbocycles. The Morgan fingerprint density at radius 1 is 1.08 bits per heavy atom. The summed E-state index contributed by atoms with van der Waals surface area (Å²) in [6.45, 7) is 0. The van der Waals surface area contributed by atoms with Gasteiger partial charge in [-0.15, -0.1) is 0 Å². The van der Waals surface area contributed by atoms with Crippen molar-refractivity contribution in [3.05, 3.63) is 0 Å². The summed E-state index contributed by atoms with van der Waals surface area (Å²) in [5.74, 6) is 0. The van der Waals surface area contributed by atoms with E-state index in [9.17, 15) is 4.57 Å². The van der Waals surface area contributed by atoms with Gasteiger partial charge in [0.15, 0.2) is 0 Å². The van der Waals surface area contributed by atoms with Crippen molar-refractivity contribution in [2.24, 2.45) is 0 Å². The Balaban J connectivity index is 2.40. The van der Waals surface area contributed by atoms with Crippen molar-refractivity contribution >= 4 is 7.59 Å². The third kappa shape index (κ3) is 3.39.